The van der Waals surface area contributed by atoms with Crippen LogP contribution in [-0.2, 0) is 4.79 Å². The molecule has 1 aromatic carbocycles. The minimum absolute atomic E-state index is 0.139. The summed E-state index contributed by atoms with van der Waals surface area (Å²) >= 11 is 5.88. The number of amides is 2. The first-order valence-corrected chi connectivity index (χ1v) is 6.87. The molecule has 0 saturated heterocycles. The number of anilines is 1. The quantitative estimate of drug-likeness (QED) is 0.798. The van der Waals surface area contributed by atoms with Crippen LogP contribution < -0.4 is 10.6 Å². The first-order chi connectivity index (χ1) is 9.99. The van der Waals surface area contributed by atoms with Crippen LogP contribution in [0.3, 0.4) is 0 Å². The number of rotatable bonds is 3. The molecule has 0 aliphatic heterocycles. The van der Waals surface area contributed by atoms with Crippen molar-refractivity contribution in [1.29, 1.82) is 5.26 Å². The van der Waals surface area contributed by atoms with E-state index in [9.17, 15) is 9.59 Å². The maximum absolute atomic E-state index is 11.8. The van der Waals surface area contributed by atoms with Crippen molar-refractivity contribution in [1.82, 2.24) is 5.32 Å². The standard InChI is InChI=1S/C14H14ClN3O3/c15-12-6-11(4-2-9(12)7-16)18-14(21)17-10-3-1-8(5-10)13(19)20/h2,4,6,8,10H,1,3,5H2,(H,19,20)(H2,17,18,21)/t8-,10+/m1/s1. The second kappa shape index (κ2) is 6.46. The highest BCUT2D eigenvalue weighted by Crippen LogP contribution is 2.26. The third-order valence-corrected chi connectivity index (χ3v) is 3.78. The number of halogens is 1. The number of carbonyl (C=O) groups excluding carboxylic acids is 1. The Hall–Kier alpha value is -2.26. The number of carbonyl (C=O) groups is 2. The normalized spacial score (nSPS) is 20.6. The van der Waals surface area contributed by atoms with Crippen molar-refractivity contribution in [2.45, 2.75) is 25.3 Å². The molecule has 0 heterocycles. The Morgan fingerprint density at radius 3 is 2.71 bits per heavy atom. The molecule has 0 bridgehead atoms. The molecular formula is C14H14ClN3O3. The Morgan fingerprint density at radius 1 is 1.38 bits per heavy atom. The molecule has 1 fully saturated rings. The first-order valence-electron chi connectivity index (χ1n) is 6.49. The van der Waals surface area contributed by atoms with E-state index in [1.165, 1.54) is 12.1 Å². The molecule has 1 aromatic rings. The van der Waals surface area contributed by atoms with E-state index in [0.717, 1.165) is 0 Å². The monoisotopic (exact) mass is 307 g/mol. The minimum atomic E-state index is -0.821. The maximum Gasteiger partial charge on any atom is 0.319 e. The van der Waals surface area contributed by atoms with Gasteiger partial charge in [0.05, 0.1) is 16.5 Å². The van der Waals surface area contributed by atoms with Gasteiger partial charge >= 0.3 is 12.0 Å². The predicted octanol–water partition coefficient (Wildman–Crippen LogP) is 2.59. The maximum atomic E-state index is 11.8. The molecular weight excluding hydrogens is 294 g/mol. The number of nitrogens with one attached hydrogen (secondary N) is 2. The van der Waals surface area contributed by atoms with Crippen molar-refractivity contribution < 1.29 is 14.7 Å². The zero-order valence-corrected chi connectivity index (χ0v) is 11.9. The number of hydrogen-bond donors (Lipinski definition) is 3. The van der Waals surface area contributed by atoms with Gasteiger partial charge in [-0.3, -0.25) is 4.79 Å². The summed E-state index contributed by atoms with van der Waals surface area (Å²) in [5, 5.41) is 23.3. The SMILES string of the molecule is N#Cc1ccc(NC(=O)N[C@H]2CC[C@@H](C(=O)O)C2)cc1Cl. The molecule has 0 unspecified atom stereocenters. The molecule has 1 saturated carbocycles. The number of urea groups is 1. The Labute approximate surface area is 126 Å². The van der Waals surface area contributed by atoms with E-state index in [1.54, 1.807) is 6.07 Å². The molecule has 2 atom stereocenters. The van der Waals surface area contributed by atoms with E-state index in [1.807, 2.05) is 6.07 Å². The molecule has 6 nitrogen and oxygen atoms in total. The largest absolute Gasteiger partial charge is 0.481 e. The zero-order valence-electron chi connectivity index (χ0n) is 11.1. The van der Waals surface area contributed by atoms with E-state index in [2.05, 4.69) is 10.6 Å². The van der Waals surface area contributed by atoms with E-state index in [-0.39, 0.29) is 17.0 Å². The average molecular weight is 308 g/mol. The second-order valence-electron chi connectivity index (χ2n) is 4.95. The Balaban J connectivity index is 1.89. The highest BCUT2D eigenvalue weighted by Gasteiger charge is 2.30. The van der Waals surface area contributed by atoms with Crippen molar-refractivity contribution in [3.05, 3.63) is 28.8 Å². The number of nitrogens with zero attached hydrogens (tertiary/aromatic N) is 1. The average Bonchev–Trinajstić information content (AvgIpc) is 2.87. The van der Waals surface area contributed by atoms with Crippen molar-refractivity contribution in [2.75, 3.05) is 5.32 Å². The van der Waals surface area contributed by atoms with E-state index in [4.69, 9.17) is 22.0 Å². The third-order valence-electron chi connectivity index (χ3n) is 3.46. The fourth-order valence-corrected chi connectivity index (χ4v) is 2.60. The van der Waals surface area contributed by atoms with Gasteiger partial charge in [-0.05, 0) is 37.5 Å². The van der Waals surface area contributed by atoms with Gasteiger partial charge < -0.3 is 15.7 Å². The third kappa shape index (κ3) is 3.86. The Kier molecular flexibility index (Phi) is 4.66. The highest BCUT2D eigenvalue weighted by molar-refractivity contribution is 6.32. The molecule has 110 valence electrons. The van der Waals surface area contributed by atoms with Crippen LogP contribution >= 0.6 is 11.6 Å². The van der Waals surface area contributed by atoms with E-state index in [0.29, 0.717) is 30.5 Å². The van der Waals surface area contributed by atoms with Gasteiger partial charge in [0.1, 0.15) is 6.07 Å². The lowest BCUT2D eigenvalue weighted by Gasteiger charge is -2.13. The van der Waals surface area contributed by atoms with Crippen LogP contribution in [0.5, 0.6) is 0 Å². The second-order valence-corrected chi connectivity index (χ2v) is 5.36. The van der Waals surface area contributed by atoms with Crippen molar-refractivity contribution in [2.24, 2.45) is 5.92 Å². The lowest BCUT2D eigenvalue weighted by atomic mass is 10.1. The lowest BCUT2D eigenvalue weighted by Crippen LogP contribution is -2.36. The van der Waals surface area contributed by atoms with Crippen LogP contribution in [0.2, 0.25) is 5.02 Å². The van der Waals surface area contributed by atoms with Crippen molar-refractivity contribution >= 4 is 29.3 Å². The fraction of sp³-hybridized carbons (Fsp3) is 0.357. The van der Waals surface area contributed by atoms with Gasteiger partial charge in [-0.25, -0.2) is 4.79 Å². The van der Waals surface area contributed by atoms with Crippen LogP contribution in [0, 0.1) is 17.2 Å². The number of aliphatic carboxylic acids is 1. The topological polar surface area (TPSA) is 102 Å². The van der Waals surface area contributed by atoms with Gasteiger partial charge in [-0.15, -0.1) is 0 Å². The molecule has 0 radical (unpaired) electrons. The summed E-state index contributed by atoms with van der Waals surface area (Å²) in [6.07, 6.45) is 1.67. The predicted molar refractivity (Wildman–Crippen MR) is 77.1 cm³/mol. The fourth-order valence-electron chi connectivity index (χ4n) is 2.37. The van der Waals surface area contributed by atoms with Gasteiger partial charge in [0.15, 0.2) is 0 Å². The summed E-state index contributed by atoms with van der Waals surface area (Å²) in [4.78, 5) is 22.7. The van der Waals surface area contributed by atoms with Crippen molar-refractivity contribution in [3.63, 3.8) is 0 Å². The Bertz CT molecular complexity index is 612. The molecule has 7 heteroatoms. The molecule has 3 N–H and O–H groups in total. The number of hydrogen-bond acceptors (Lipinski definition) is 3. The molecule has 0 spiro atoms. The van der Waals surface area contributed by atoms with Crippen LogP contribution in [0.4, 0.5) is 10.5 Å². The van der Waals surface area contributed by atoms with Crippen LogP contribution in [-0.4, -0.2) is 23.1 Å². The number of benzene rings is 1. The van der Waals surface area contributed by atoms with Gasteiger partial charge in [0.25, 0.3) is 0 Å². The molecule has 1 aliphatic carbocycles. The highest BCUT2D eigenvalue weighted by atomic mass is 35.5. The summed E-state index contributed by atoms with van der Waals surface area (Å²) in [6.45, 7) is 0. The summed E-state index contributed by atoms with van der Waals surface area (Å²) in [7, 11) is 0. The number of carboxylic acid groups (broad SMARTS) is 1. The molecule has 2 rings (SSSR count). The zero-order chi connectivity index (χ0) is 15.4. The summed E-state index contributed by atoms with van der Waals surface area (Å²) in [5.41, 5.74) is 0.812. The number of nitriles is 1. The van der Waals surface area contributed by atoms with E-state index >= 15 is 0 Å². The molecule has 1 aliphatic rings. The summed E-state index contributed by atoms with van der Waals surface area (Å²) in [5.74, 6) is -1.21. The van der Waals surface area contributed by atoms with Crippen molar-refractivity contribution in [3.8, 4) is 6.07 Å². The smallest absolute Gasteiger partial charge is 0.319 e. The summed E-state index contributed by atoms with van der Waals surface area (Å²) < 4.78 is 0. The van der Waals surface area contributed by atoms with E-state index < -0.39 is 12.0 Å². The summed E-state index contributed by atoms with van der Waals surface area (Å²) in [6, 6.07) is 5.98. The first kappa shape index (κ1) is 15.1. The van der Waals surface area contributed by atoms with Crippen LogP contribution in [0.25, 0.3) is 0 Å². The minimum Gasteiger partial charge on any atom is -0.481 e. The van der Waals surface area contributed by atoms with Gasteiger partial charge in [0.2, 0.25) is 0 Å². The molecule has 0 aromatic heterocycles. The van der Waals surface area contributed by atoms with Gasteiger partial charge in [-0.2, -0.15) is 5.26 Å². The molecule has 2 amide bonds. The van der Waals surface area contributed by atoms with Crippen LogP contribution in [0.15, 0.2) is 18.2 Å². The number of carboxylic acids is 1. The van der Waals surface area contributed by atoms with Crippen LogP contribution in [0.1, 0.15) is 24.8 Å². The molecule has 21 heavy (non-hydrogen) atoms. The lowest BCUT2D eigenvalue weighted by molar-refractivity contribution is -0.141. The Morgan fingerprint density at radius 2 is 2.14 bits per heavy atom. The van der Waals surface area contributed by atoms with Gasteiger partial charge in [-0.1, -0.05) is 11.6 Å². The van der Waals surface area contributed by atoms with Gasteiger partial charge in [0, 0.05) is 11.7 Å².